The van der Waals surface area contributed by atoms with Crippen molar-refractivity contribution in [2.24, 2.45) is 5.11 Å². The highest BCUT2D eigenvalue weighted by atomic mass is 16.4. The van der Waals surface area contributed by atoms with Gasteiger partial charge >= 0.3 is 0 Å². The number of azide groups is 1. The summed E-state index contributed by atoms with van der Waals surface area (Å²) in [5, 5.41) is 50.7. The lowest BCUT2D eigenvalue weighted by atomic mass is 10.0. The number of rotatable bonds is 8. The molecule has 1 amide bonds. The molecule has 0 rings (SSSR count). The molecule has 4 unspecified atom stereocenters. The highest BCUT2D eigenvalue weighted by Crippen LogP contribution is 2.05. The van der Waals surface area contributed by atoms with E-state index in [9.17, 15) is 20.1 Å². The number of hydrogen-bond donors (Lipinski definition) is 6. The molecule has 6 N–H and O–H groups in total. The van der Waals surface area contributed by atoms with Crippen LogP contribution in [0.2, 0.25) is 0 Å². The highest BCUT2D eigenvalue weighted by Gasteiger charge is 2.33. The van der Waals surface area contributed by atoms with E-state index < -0.39 is 36.9 Å². The lowest BCUT2D eigenvalue weighted by molar-refractivity contribution is -0.148. The van der Waals surface area contributed by atoms with Crippen LogP contribution in [0.5, 0.6) is 0 Å². The van der Waals surface area contributed by atoms with Crippen LogP contribution in [0.15, 0.2) is 5.11 Å². The number of carbonyl (C=O) groups is 1. The van der Waals surface area contributed by atoms with Gasteiger partial charge in [0.25, 0.3) is 5.91 Å². The Hall–Kier alpha value is -1.42. The molecule has 0 fully saturated rings. The van der Waals surface area contributed by atoms with E-state index in [2.05, 4.69) is 15.3 Å². The van der Waals surface area contributed by atoms with Gasteiger partial charge in [0.2, 0.25) is 0 Å². The van der Waals surface area contributed by atoms with E-state index >= 15 is 0 Å². The normalized spacial score (nSPS) is 17.2. The second-order valence-electron chi connectivity index (χ2n) is 3.42. The number of amides is 1. The average Bonchev–Trinajstić information content (AvgIpc) is 2.39. The second kappa shape index (κ2) is 8.64. The van der Waals surface area contributed by atoms with Crippen LogP contribution in [0.25, 0.3) is 10.4 Å². The third kappa shape index (κ3) is 5.27. The van der Waals surface area contributed by atoms with Crippen LogP contribution in [0.3, 0.4) is 0 Å². The zero-order valence-corrected chi connectivity index (χ0v) is 9.42. The molecule has 18 heavy (non-hydrogen) atoms. The largest absolute Gasteiger partial charge is 0.394 e. The average molecular weight is 264 g/mol. The maximum Gasteiger partial charge on any atom is 0.251 e. The first-order chi connectivity index (χ1) is 8.45. The molecule has 0 aliphatic rings. The number of carbonyl (C=O) groups excluding carboxylic acids is 1. The number of aliphatic hydroxyl groups is 5. The van der Waals surface area contributed by atoms with E-state index in [0.29, 0.717) is 0 Å². The van der Waals surface area contributed by atoms with Crippen molar-refractivity contribution in [1.29, 1.82) is 0 Å². The Morgan fingerprint density at radius 2 is 1.89 bits per heavy atom. The topological polar surface area (TPSA) is 179 Å². The monoisotopic (exact) mass is 264 g/mol. The Bertz CT molecular complexity index is 308. The Morgan fingerprint density at radius 3 is 2.39 bits per heavy atom. The predicted molar refractivity (Wildman–Crippen MR) is 58.1 cm³/mol. The standard InChI is InChI=1S/C8H16N4O6/c9-12-11-2-1-10-8(18)7(17)6(16)5(15)4(14)3-13/h4-7,13-17H,1-3H2,(H,10,18). The first kappa shape index (κ1) is 16.6. The van der Waals surface area contributed by atoms with E-state index in [1.54, 1.807) is 0 Å². The quantitative estimate of drug-likeness (QED) is 0.116. The molecule has 0 radical (unpaired) electrons. The van der Waals surface area contributed by atoms with Crippen molar-refractivity contribution >= 4 is 5.91 Å². The maximum atomic E-state index is 11.3. The van der Waals surface area contributed by atoms with Crippen LogP contribution >= 0.6 is 0 Å². The van der Waals surface area contributed by atoms with Crippen molar-refractivity contribution in [2.45, 2.75) is 24.4 Å². The molecule has 0 saturated carbocycles. The third-order valence-corrected chi connectivity index (χ3v) is 2.10. The number of nitrogens with zero attached hydrogens (tertiary/aromatic N) is 3. The van der Waals surface area contributed by atoms with Crippen LogP contribution in [0.4, 0.5) is 0 Å². The van der Waals surface area contributed by atoms with E-state index in [4.69, 9.17) is 15.7 Å². The molecule has 104 valence electrons. The lowest BCUT2D eigenvalue weighted by Crippen LogP contribution is -2.51. The van der Waals surface area contributed by atoms with Gasteiger partial charge in [0.15, 0.2) is 6.10 Å². The van der Waals surface area contributed by atoms with Crippen LogP contribution in [0, 0.1) is 0 Å². The summed E-state index contributed by atoms with van der Waals surface area (Å²) in [7, 11) is 0. The minimum atomic E-state index is -1.98. The SMILES string of the molecule is [N-]=[N+]=NCCNC(=O)C(O)C(O)C(O)C(O)CO. The molecule has 0 bridgehead atoms. The van der Waals surface area contributed by atoms with Gasteiger partial charge in [-0.1, -0.05) is 5.11 Å². The number of aliphatic hydroxyl groups excluding tert-OH is 5. The van der Waals surface area contributed by atoms with Gasteiger partial charge in [0.05, 0.1) is 6.61 Å². The predicted octanol–water partition coefficient (Wildman–Crippen LogP) is -3.15. The molecule has 0 aromatic carbocycles. The number of nitrogens with one attached hydrogen (secondary N) is 1. The summed E-state index contributed by atoms with van der Waals surface area (Å²) < 4.78 is 0. The Morgan fingerprint density at radius 1 is 1.28 bits per heavy atom. The molecule has 0 heterocycles. The van der Waals surface area contributed by atoms with E-state index in [1.807, 2.05) is 0 Å². The first-order valence-electron chi connectivity index (χ1n) is 5.07. The van der Waals surface area contributed by atoms with Crippen molar-refractivity contribution in [2.75, 3.05) is 19.7 Å². The van der Waals surface area contributed by atoms with Crippen LogP contribution in [-0.2, 0) is 4.79 Å². The molecule has 0 aliphatic heterocycles. The summed E-state index contributed by atoms with van der Waals surface area (Å²) in [4.78, 5) is 13.7. The summed E-state index contributed by atoms with van der Waals surface area (Å²) in [5.74, 6) is -1.00. The molecule has 0 saturated heterocycles. The molecule has 0 aromatic rings. The molecule has 10 nitrogen and oxygen atoms in total. The molecule has 0 aromatic heterocycles. The van der Waals surface area contributed by atoms with Crippen molar-refractivity contribution in [3.63, 3.8) is 0 Å². The minimum Gasteiger partial charge on any atom is -0.394 e. The van der Waals surface area contributed by atoms with Crippen molar-refractivity contribution in [1.82, 2.24) is 5.32 Å². The second-order valence-corrected chi connectivity index (χ2v) is 3.42. The summed E-state index contributed by atoms with van der Waals surface area (Å²) in [6, 6.07) is 0. The Kier molecular flexibility index (Phi) is 7.96. The van der Waals surface area contributed by atoms with E-state index in [1.165, 1.54) is 0 Å². The summed E-state index contributed by atoms with van der Waals surface area (Å²) >= 11 is 0. The Balaban J connectivity index is 4.22. The minimum absolute atomic E-state index is 0.0348. The molecule has 10 heteroatoms. The van der Waals surface area contributed by atoms with Gasteiger partial charge in [0.1, 0.15) is 18.3 Å². The van der Waals surface area contributed by atoms with Crippen molar-refractivity contribution in [3.8, 4) is 0 Å². The summed E-state index contributed by atoms with van der Waals surface area (Å²) in [5.41, 5.74) is 7.96. The molecular weight excluding hydrogens is 248 g/mol. The first-order valence-corrected chi connectivity index (χ1v) is 5.07. The molecule has 4 atom stereocenters. The van der Waals surface area contributed by atoms with Gasteiger partial charge in [-0.05, 0) is 5.53 Å². The zero-order valence-electron chi connectivity index (χ0n) is 9.42. The fourth-order valence-corrected chi connectivity index (χ4v) is 1.06. The fourth-order valence-electron chi connectivity index (χ4n) is 1.06. The van der Waals surface area contributed by atoms with Crippen molar-refractivity contribution < 1.29 is 30.3 Å². The third-order valence-electron chi connectivity index (χ3n) is 2.10. The van der Waals surface area contributed by atoms with Gasteiger partial charge in [-0.25, -0.2) is 0 Å². The summed E-state index contributed by atoms with van der Waals surface area (Å²) in [6.45, 7) is -0.915. The lowest BCUT2D eigenvalue weighted by Gasteiger charge is -2.24. The van der Waals surface area contributed by atoms with Gasteiger partial charge < -0.3 is 30.8 Å². The van der Waals surface area contributed by atoms with Gasteiger partial charge in [-0.2, -0.15) is 0 Å². The van der Waals surface area contributed by atoms with Crippen LogP contribution in [0.1, 0.15) is 0 Å². The highest BCUT2D eigenvalue weighted by molar-refractivity contribution is 5.81. The number of hydrogen-bond acceptors (Lipinski definition) is 7. The van der Waals surface area contributed by atoms with E-state index in [0.717, 1.165) is 0 Å². The fraction of sp³-hybridized carbons (Fsp3) is 0.875. The van der Waals surface area contributed by atoms with Crippen LogP contribution < -0.4 is 5.32 Å². The van der Waals surface area contributed by atoms with E-state index in [-0.39, 0.29) is 13.1 Å². The zero-order chi connectivity index (χ0) is 14.1. The van der Waals surface area contributed by atoms with Gasteiger partial charge in [-0.15, -0.1) is 0 Å². The smallest absolute Gasteiger partial charge is 0.251 e. The molecular formula is C8H16N4O6. The Labute approximate surface area is 102 Å². The van der Waals surface area contributed by atoms with Crippen molar-refractivity contribution in [3.05, 3.63) is 10.4 Å². The molecule has 0 aliphatic carbocycles. The van der Waals surface area contributed by atoms with Gasteiger partial charge in [-0.3, -0.25) is 4.79 Å². The van der Waals surface area contributed by atoms with Crippen LogP contribution in [-0.4, -0.2) is 75.6 Å². The van der Waals surface area contributed by atoms with Gasteiger partial charge in [0, 0.05) is 18.0 Å². The summed E-state index contributed by atoms with van der Waals surface area (Å²) in [6.07, 6.45) is -7.47. The molecule has 0 spiro atoms. The maximum absolute atomic E-state index is 11.3.